The minimum Gasteiger partial charge on any atom is -0.469 e. The minimum atomic E-state index is -0.768. The van der Waals surface area contributed by atoms with E-state index in [0.29, 0.717) is 27.0 Å². The number of furan rings is 1. The van der Waals surface area contributed by atoms with E-state index < -0.39 is 17.1 Å². The summed E-state index contributed by atoms with van der Waals surface area (Å²) in [5, 5.41) is 4.68. The van der Waals surface area contributed by atoms with Gasteiger partial charge in [0.25, 0.3) is 0 Å². The molecule has 3 unspecified atom stereocenters. The van der Waals surface area contributed by atoms with E-state index in [-0.39, 0.29) is 29.1 Å². The number of aryl methyl sites for hydroxylation is 1. The summed E-state index contributed by atoms with van der Waals surface area (Å²) < 4.78 is 7.15. The van der Waals surface area contributed by atoms with Crippen molar-refractivity contribution in [3.05, 3.63) is 111 Å². The van der Waals surface area contributed by atoms with Crippen LogP contribution in [-0.4, -0.2) is 27.5 Å². The van der Waals surface area contributed by atoms with Gasteiger partial charge in [0.1, 0.15) is 17.6 Å². The predicted octanol–water partition coefficient (Wildman–Crippen LogP) is 5.40. The quantitative estimate of drug-likeness (QED) is 0.279. The van der Waals surface area contributed by atoms with E-state index in [1.807, 2.05) is 61.5 Å². The van der Waals surface area contributed by atoms with Gasteiger partial charge in [0, 0.05) is 5.69 Å². The zero-order valence-electron chi connectivity index (χ0n) is 21.8. The second-order valence-corrected chi connectivity index (χ2v) is 12.3. The zero-order valence-corrected chi connectivity index (χ0v) is 23.4. The highest BCUT2D eigenvalue weighted by Crippen LogP contribution is 2.53. The van der Waals surface area contributed by atoms with Crippen LogP contribution < -0.4 is 15.1 Å². The van der Waals surface area contributed by atoms with Gasteiger partial charge in [0.05, 0.1) is 33.7 Å². The Balaban J connectivity index is 1.23. The number of fused-ring (bicyclic) bond motifs is 3. The van der Waals surface area contributed by atoms with Crippen molar-refractivity contribution in [3.8, 4) is 0 Å². The second kappa shape index (κ2) is 9.90. The molecule has 4 heterocycles. The topological polar surface area (TPSA) is 102 Å². The lowest BCUT2D eigenvalue weighted by Crippen LogP contribution is -2.32. The van der Waals surface area contributed by atoms with Gasteiger partial charge in [-0.15, -0.1) is 0 Å². The molecule has 1 saturated heterocycles. The Morgan fingerprint density at radius 1 is 0.927 bits per heavy atom. The molecule has 2 aliphatic rings. The third-order valence-corrected chi connectivity index (χ3v) is 10.1. The molecule has 2 aromatic heterocycles. The molecule has 5 aromatic rings. The Morgan fingerprint density at radius 3 is 2.46 bits per heavy atom. The molecule has 0 bridgehead atoms. The van der Waals surface area contributed by atoms with Gasteiger partial charge in [-0.05, 0) is 54.1 Å². The summed E-state index contributed by atoms with van der Waals surface area (Å²) in [6.45, 7) is 1.71. The van der Waals surface area contributed by atoms with E-state index in [9.17, 15) is 19.2 Å². The Labute approximate surface area is 242 Å². The number of rotatable bonds is 5. The molecule has 3 aromatic carbocycles. The highest BCUT2D eigenvalue weighted by Gasteiger charge is 2.57. The summed E-state index contributed by atoms with van der Waals surface area (Å²) in [4.78, 5) is 55.5. The number of nitrogens with one attached hydrogen (secondary N) is 1. The molecule has 1 N–H and O–H groups in total. The highest BCUT2D eigenvalue weighted by molar-refractivity contribution is 8.00. The van der Waals surface area contributed by atoms with E-state index in [1.54, 1.807) is 24.3 Å². The van der Waals surface area contributed by atoms with Gasteiger partial charge < -0.3 is 9.73 Å². The number of hydrogen-bond donors (Lipinski definition) is 1. The number of thiazole rings is 1. The van der Waals surface area contributed by atoms with Crippen LogP contribution in [-0.2, 0) is 20.9 Å². The molecular formula is C31H23N3O5S2. The van der Waals surface area contributed by atoms with Crippen molar-refractivity contribution >= 4 is 63.0 Å². The number of carbonyl (C=O) groups excluding carboxylic acids is 3. The van der Waals surface area contributed by atoms with Crippen molar-refractivity contribution in [1.29, 1.82) is 0 Å². The largest absolute Gasteiger partial charge is 0.469 e. The van der Waals surface area contributed by atoms with E-state index in [4.69, 9.17) is 4.42 Å². The van der Waals surface area contributed by atoms with Crippen molar-refractivity contribution in [2.75, 3.05) is 10.2 Å². The Hall–Kier alpha value is -4.41. The average Bonchev–Trinajstić information content (AvgIpc) is 3.66. The van der Waals surface area contributed by atoms with E-state index in [2.05, 4.69) is 5.32 Å². The first-order chi connectivity index (χ1) is 19.9. The van der Waals surface area contributed by atoms with Crippen LogP contribution in [0.15, 0.2) is 99.4 Å². The molecule has 0 saturated carbocycles. The maximum Gasteiger partial charge on any atom is 0.308 e. The van der Waals surface area contributed by atoms with Crippen LogP contribution in [0.1, 0.15) is 22.1 Å². The van der Waals surface area contributed by atoms with Gasteiger partial charge in [-0.3, -0.25) is 23.7 Å². The van der Waals surface area contributed by atoms with Crippen LogP contribution in [0.5, 0.6) is 0 Å². The first kappa shape index (κ1) is 25.6. The number of imide groups is 1. The van der Waals surface area contributed by atoms with E-state index in [0.717, 1.165) is 27.7 Å². The fourth-order valence-corrected chi connectivity index (χ4v) is 8.34. The summed E-state index contributed by atoms with van der Waals surface area (Å²) in [7, 11) is 0. The van der Waals surface area contributed by atoms with Gasteiger partial charge in [0.2, 0.25) is 17.7 Å². The molecule has 0 radical (unpaired) electrons. The molecule has 0 aliphatic carbocycles. The maximum absolute atomic E-state index is 13.8. The van der Waals surface area contributed by atoms with Gasteiger partial charge in [-0.25, -0.2) is 4.90 Å². The first-order valence-electron chi connectivity index (χ1n) is 13.1. The van der Waals surface area contributed by atoms with Crippen molar-refractivity contribution in [2.24, 2.45) is 5.92 Å². The van der Waals surface area contributed by atoms with Crippen LogP contribution in [0.2, 0.25) is 0 Å². The van der Waals surface area contributed by atoms with Crippen molar-refractivity contribution < 1.29 is 18.8 Å². The molecule has 0 spiro atoms. The lowest BCUT2D eigenvalue weighted by Gasteiger charge is -2.29. The molecule has 204 valence electrons. The summed E-state index contributed by atoms with van der Waals surface area (Å²) in [5.74, 6) is -1.91. The first-order valence-corrected chi connectivity index (χ1v) is 14.8. The average molecular weight is 582 g/mol. The molecule has 7 rings (SSSR count). The molecule has 3 amide bonds. The molecule has 2 aliphatic heterocycles. The number of amides is 3. The Morgan fingerprint density at radius 2 is 1.71 bits per heavy atom. The monoisotopic (exact) mass is 581 g/mol. The van der Waals surface area contributed by atoms with Crippen LogP contribution >= 0.6 is 23.1 Å². The fourth-order valence-electron chi connectivity index (χ4n) is 5.59. The maximum atomic E-state index is 13.8. The summed E-state index contributed by atoms with van der Waals surface area (Å²) in [5.41, 5.74) is 2.15. The van der Waals surface area contributed by atoms with E-state index in [1.165, 1.54) is 27.5 Å². The molecular weight excluding hydrogens is 558 g/mol. The number of carbonyl (C=O) groups is 3. The number of aromatic nitrogens is 1. The number of nitrogens with zero attached hydrogens (tertiary/aromatic N) is 2. The lowest BCUT2D eigenvalue weighted by atomic mass is 9.87. The molecule has 10 heteroatoms. The standard InChI is InChI=1S/C31H23N3O5S2/c1-17-8-12-21(13-9-17)34-28(36)25-24(22-7-4-14-39-22)27-30(40-26(25)29(34)37)33(31(38)41-27)16-23(35)32-20-11-10-18-5-2-3-6-19(18)15-20/h2-15,24-26H,16H2,1H3,(H,32,35). The van der Waals surface area contributed by atoms with Crippen LogP contribution in [0.25, 0.3) is 10.8 Å². The molecule has 8 nitrogen and oxygen atoms in total. The summed E-state index contributed by atoms with van der Waals surface area (Å²) in [6.07, 6.45) is 1.52. The minimum absolute atomic E-state index is 0.226. The third-order valence-electron chi connectivity index (χ3n) is 7.53. The fraction of sp³-hybridized carbons (Fsp3) is 0.161. The summed E-state index contributed by atoms with van der Waals surface area (Å²) in [6, 6.07) is 24.2. The second-order valence-electron chi connectivity index (χ2n) is 10.1. The third kappa shape index (κ3) is 4.30. The number of hydrogen-bond acceptors (Lipinski definition) is 7. The smallest absolute Gasteiger partial charge is 0.308 e. The van der Waals surface area contributed by atoms with Gasteiger partial charge in [-0.1, -0.05) is 71.1 Å². The van der Waals surface area contributed by atoms with E-state index >= 15 is 0 Å². The normalized spacial score (nSPS) is 19.8. The molecule has 3 atom stereocenters. The Bertz CT molecular complexity index is 1890. The van der Waals surface area contributed by atoms with Crippen molar-refractivity contribution in [1.82, 2.24) is 4.57 Å². The van der Waals surface area contributed by atoms with Crippen molar-refractivity contribution in [3.63, 3.8) is 0 Å². The van der Waals surface area contributed by atoms with Crippen LogP contribution in [0.4, 0.5) is 11.4 Å². The number of thioether (sulfide) groups is 1. The molecule has 1 fully saturated rings. The number of benzene rings is 3. The van der Waals surface area contributed by atoms with Gasteiger partial charge >= 0.3 is 4.87 Å². The van der Waals surface area contributed by atoms with Crippen LogP contribution in [0, 0.1) is 12.8 Å². The molecule has 41 heavy (non-hydrogen) atoms. The highest BCUT2D eigenvalue weighted by atomic mass is 32.2. The van der Waals surface area contributed by atoms with Crippen molar-refractivity contribution in [2.45, 2.75) is 29.7 Å². The Kier molecular flexibility index (Phi) is 6.17. The zero-order chi connectivity index (χ0) is 28.2. The predicted molar refractivity (Wildman–Crippen MR) is 159 cm³/mol. The SMILES string of the molecule is Cc1ccc(N2C(=O)C3Sc4c(sc(=O)n4CC(=O)Nc4ccc5ccccc5c4)C(c4ccco4)C3C2=O)cc1. The summed E-state index contributed by atoms with van der Waals surface area (Å²) >= 11 is 2.17. The lowest BCUT2D eigenvalue weighted by molar-refractivity contribution is -0.122. The van der Waals surface area contributed by atoms with Crippen LogP contribution in [0.3, 0.4) is 0 Å². The number of anilines is 2. The van der Waals surface area contributed by atoms with Gasteiger partial charge in [-0.2, -0.15) is 0 Å². The van der Waals surface area contributed by atoms with Gasteiger partial charge in [0.15, 0.2) is 0 Å².